The summed E-state index contributed by atoms with van der Waals surface area (Å²) in [7, 11) is 2.17. The minimum absolute atomic E-state index is 0.473. The van der Waals surface area contributed by atoms with Gasteiger partial charge in [0.05, 0.1) is 0 Å². The molecule has 96 valence electrons. The normalized spacial score (nSPS) is 14.9. The Morgan fingerprint density at radius 1 is 1.35 bits per heavy atom. The first-order chi connectivity index (χ1) is 8.08. The minimum atomic E-state index is 0.473. The van der Waals surface area contributed by atoms with Crippen molar-refractivity contribution in [3.63, 3.8) is 0 Å². The van der Waals surface area contributed by atoms with Crippen LogP contribution >= 0.6 is 0 Å². The molecule has 0 aliphatic heterocycles. The molecule has 1 aromatic carbocycles. The lowest BCUT2D eigenvalue weighted by atomic mass is 9.97. The fourth-order valence-electron chi connectivity index (χ4n) is 2.33. The average molecular weight is 234 g/mol. The van der Waals surface area contributed by atoms with Crippen LogP contribution in [0.1, 0.15) is 31.4 Å². The molecule has 17 heavy (non-hydrogen) atoms. The Hall–Kier alpha value is -0.860. The van der Waals surface area contributed by atoms with E-state index >= 15 is 0 Å². The van der Waals surface area contributed by atoms with Crippen molar-refractivity contribution < 1.29 is 0 Å². The molecule has 2 unspecified atom stereocenters. The van der Waals surface area contributed by atoms with Gasteiger partial charge in [-0.1, -0.05) is 50.1 Å². The smallest absolute Gasteiger partial charge is 0.0244 e. The Morgan fingerprint density at radius 3 is 2.59 bits per heavy atom. The zero-order chi connectivity index (χ0) is 12.8. The van der Waals surface area contributed by atoms with Gasteiger partial charge in [0.1, 0.15) is 0 Å². The molecule has 0 amide bonds. The van der Waals surface area contributed by atoms with E-state index in [9.17, 15) is 0 Å². The molecule has 0 spiro atoms. The van der Waals surface area contributed by atoms with Crippen molar-refractivity contribution in [2.75, 3.05) is 13.6 Å². The van der Waals surface area contributed by atoms with Gasteiger partial charge in [-0.2, -0.15) is 0 Å². The SMILES string of the molecule is CCC(C)C(CN)N(C)Cc1cccc(C)c1. The van der Waals surface area contributed by atoms with E-state index in [1.165, 1.54) is 17.5 Å². The van der Waals surface area contributed by atoms with Crippen LogP contribution in [0.4, 0.5) is 0 Å². The fraction of sp³-hybridized carbons (Fsp3) is 0.600. The summed E-state index contributed by atoms with van der Waals surface area (Å²) in [6, 6.07) is 9.17. The molecular weight excluding hydrogens is 208 g/mol. The predicted molar refractivity (Wildman–Crippen MR) is 74.9 cm³/mol. The Morgan fingerprint density at radius 2 is 2.06 bits per heavy atom. The Bertz CT molecular complexity index is 335. The van der Waals surface area contributed by atoms with Crippen LogP contribution in [0.5, 0.6) is 0 Å². The molecule has 0 radical (unpaired) electrons. The van der Waals surface area contributed by atoms with Gasteiger partial charge in [-0.05, 0) is 25.5 Å². The highest BCUT2D eigenvalue weighted by molar-refractivity contribution is 5.22. The number of hydrogen-bond acceptors (Lipinski definition) is 2. The highest BCUT2D eigenvalue weighted by Crippen LogP contribution is 2.15. The summed E-state index contributed by atoms with van der Waals surface area (Å²) in [6.45, 7) is 8.36. The Kier molecular flexibility index (Phi) is 5.66. The number of benzene rings is 1. The maximum atomic E-state index is 5.89. The third kappa shape index (κ3) is 4.14. The molecule has 1 rings (SSSR count). The monoisotopic (exact) mass is 234 g/mol. The van der Waals surface area contributed by atoms with Crippen LogP contribution in [0.25, 0.3) is 0 Å². The molecule has 2 N–H and O–H groups in total. The number of rotatable bonds is 6. The molecule has 0 bridgehead atoms. The van der Waals surface area contributed by atoms with Crippen LogP contribution in [0.2, 0.25) is 0 Å². The van der Waals surface area contributed by atoms with Gasteiger partial charge >= 0.3 is 0 Å². The van der Waals surface area contributed by atoms with Crippen molar-refractivity contribution in [2.45, 2.75) is 39.8 Å². The number of hydrogen-bond donors (Lipinski definition) is 1. The largest absolute Gasteiger partial charge is 0.329 e. The lowest BCUT2D eigenvalue weighted by Crippen LogP contribution is -2.42. The summed E-state index contributed by atoms with van der Waals surface area (Å²) >= 11 is 0. The number of likely N-dealkylation sites (N-methyl/N-ethyl adjacent to an activating group) is 1. The molecular formula is C15H26N2. The van der Waals surface area contributed by atoms with E-state index in [4.69, 9.17) is 5.73 Å². The number of aryl methyl sites for hydroxylation is 1. The second kappa shape index (κ2) is 6.77. The highest BCUT2D eigenvalue weighted by atomic mass is 15.1. The first-order valence-electron chi connectivity index (χ1n) is 6.54. The van der Waals surface area contributed by atoms with Gasteiger partial charge in [-0.15, -0.1) is 0 Å². The van der Waals surface area contributed by atoms with Gasteiger partial charge < -0.3 is 5.73 Å². The van der Waals surface area contributed by atoms with Gasteiger partial charge in [-0.3, -0.25) is 4.90 Å². The molecule has 2 nitrogen and oxygen atoms in total. The van der Waals surface area contributed by atoms with Crippen molar-refractivity contribution >= 4 is 0 Å². The molecule has 0 fully saturated rings. The number of nitrogens with zero attached hydrogens (tertiary/aromatic N) is 1. The third-order valence-corrected chi connectivity index (χ3v) is 3.62. The average Bonchev–Trinajstić information content (AvgIpc) is 2.29. The lowest BCUT2D eigenvalue weighted by Gasteiger charge is -2.31. The topological polar surface area (TPSA) is 29.3 Å². The van der Waals surface area contributed by atoms with E-state index in [-0.39, 0.29) is 0 Å². The summed E-state index contributed by atoms with van der Waals surface area (Å²) in [4.78, 5) is 2.38. The third-order valence-electron chi connectivity index (χ3n) is 3.62. The van der Waals surface area contributed by atoms with Crippen molar-refractivity contribution in [1.29, 1.82) is 0 Å². The standard InChI is InChI=1S/C15H26N2/c1-5-13(3)15(10-16)17(4)11-14-8-6-7-12(2)9-14/h6-9,13,15H,5,10-11,16H2,1-4H3. The van der Waals surface area contributed by atoms with E-state index in [0.29, 0.717) is 12.0 Å². The van der Waals surface area contributed by atoms with E-state index in [0.717, 1.165) is 13.1 Å². The summed E-state index contributed by atoms with van der Waals surface area (Å²) in [6.07, 6.45) is 1.18. The molecule has 2 atom stereocenters. The summed E-state index contributed by atoms with van der Waals surface area (Å²) in [5.74, 6) is 0.648. The first kappa shape index (κ1) is 14.2. The molecule has 0 heterocycles. The van der Waals surface area contributed by atoms with E-state index in [1.807, 2.05) is 0 Å². The van der Waals surface area contributed by atoms with Crippen LogP contribution in [-0.4, -0.2) is 24.5 Å². The Labute approximate surface area is 106 Å². The van der Waals surface area contributed by atoms with Crippen molar-refractivity contribution in [1.82, 2.24) is 4.90 Å². The maximum Gasteiger partial charge on any atom is 0.0244 e. The van der Waals surface area contributed by atoms with E-state index in [2.05, 4.69) is 57.0 Å². The quantitative estimate of drug-likeness (QED) is 0.820. The van der Waals surface area contributed by atoms with Gasteiger partial charge in [0, 0.05) is 19.1 Å². The van der Waals surface area contributed by atoms with Gasteiger partial charge in [-0.25, -0.2) is 0 Å². The highest BCUT2D eigenvalue weighted by Gasteiger charge is 2.18. The fourth-order valence-corrected chi connectivity index (χ4v) is 2.33. The first-order valence-corrected chi connectivity index (χ1v) is 6.54. The van der Waals surface area contributed by atoms with E-state index in [1.54, 1.807) is 0 Å². The Balaban J connectivity index is 2.66. The number of nitrogens with two attached hydrogens (primary N) is 1. The van der Waals surface area contributed by atoms with Gasteiger partial charge in [0.25, 0.3) is 0 Å². The summed E-state index contributed by atoms with van der Waals surface area (Å²) in [5, 5.41) is 0. The predicted octanol–water partition coefficient (Wildman–Crippen LogP) is 2.80. The van der Waals surface area contributed by atoms with E-state index < -0.39 is 0 Å². The van der Waals surface area contributed by atoms with Crippen molar-refractivity contribution in [3.05, 3.63) is 35.4 Å². The second-order valence-corrected chi connectivity index (χ2v) is 5.09. The molecule has 0 saturated heterocycles. The van der Waals surface area contributed by atoms with Crippen LogP contribution < -0.4 is 5.73 Å². The molecule has 1 aromatic rings. The van der Waals surface area contributed by atoms with Crippen LogP contribution in [0.15, 0.2) is 24.3 Å². The van der Waals surface area contributed by atoms with Crippen LogP contribution in [0.3, 0.4) is 0 Å². The molecule has 0 saturated carbocycles. The molecule has 0 aliphatic rings. The lowest BCUT2D eigenvalue weighted by molar-refractivity contribution is 0.178. The van der Waals surface area contributed by atoms with Gasteiger partial charge in [0.15, 0.2) is 0 Å². The second-order valence-electron chi connectivity index (χ2n) is 5.09. The minimum Gasteiger partial charge on any atom is -0.329 e. The summed E-state index contributed by atoms with van der Waals surface area (Å²) in [5.41, 5.74) is 8.58. The molecule has 0 aromatic heterocycles. The summed E-state index contributed by atoms with van der Waals surface area (Å²) < 4.78 is 0. The van der Waals surface area contributed by atoms with Crippen LogP contribution in [0, 0.1) is 12.8 Å². The van der Waals surface area contributed by atoms with Crippen LogP contribution in [-0.2, 0) is 6.54 Å². The zero-order valence-corrected chi connectivity index (χ0v) is 11.6. The molecule has 2 heteroatoms. The maximum absolute atomic E-state index is 5.89. The van der Waals surface area contributed by atoms with Gasteiger partial charge in [0.2, 0.25) is 0 Å². The van der Waals surface area contributed by atoms with Crippen molar-refractivity contribution in [3.8, 4) is 0 Å². The zero-order valence-electron chi connectivity index (χ0n) is 11.6. The van der Waals surface area contributed by atoms with Crippen molar-refractivity contribution in [2.24, 2.45) is 11.7 Å². The molecule has 0 aliphatic carbocycles.